The summed E-state index contributed by atoms with van der Waals surface area (Å²) in [6.45, 7) is 1.69. The lowest BCUT2D eigenvalue weighted by molar-refractivity contribution is -0.163. The summed E-state index contributed by atoms with van der Waals surface area (Å²) in [5, 5.41) is 2.26. The van der Waals surface area contributed by atoms with Gasteiger partial charge in [-0.15, -0.1) is 12.4 Å². The SMILES string of the molecule is CC(NC(=O)C(N)C(F)(F)F)C1CC1.Cl. The maximum absolute atomic E-state index is 12.0. The smallest absolute Gasteiger partial charge is 0.352 e. The highest BCUT2D eigenvalue weighted by atomic mass is 35.5. The van der Waals surface area contributed by atoms with Gasteiger partial charge < -0.3 is 11.1 Å². The van der Waals surface area contributed by atoms with Crippen LogP contribution in [0.3, 0.4) is 0 Å². The maximum Gasteiger partial charge on any atom is 0.412 e. The first kappa shape index (κ1) is 14.5. The second-order valence-electron chi connectivity index (χ2n) is 3.65. The van der Waals surface area contributed by atoms with E-state index in [2.05, 4.69) is 5.32 Å². The first-order valence-corrected chi connectivity index (χ1v) is 4.45. The average molecular weight is 247 g/mol. The van der Waals surface area contributed by atoms with Crippen LogP contribution in [0.1, 0.15) is 19.8 Å². The second kappa shape index (κ2) is 5.03. The molecule has 1 saturated carbocycles. The normalized spacial score (nSPS) is 20.1. The Kier molecular flexibility index (Phi) is 4.86. The molecule has 1 rings (SSSR count). The molecule has 0 saturated heterocycles. The summed E-state index contributed by atoms with van der Waals surface area (Å²) in [6.07, 6.45) is -2.74. The van der Waals surface area contributed by atoms with E-state index in [1.54, 1.807) is 6.92 Å². The van der Waals surface area contributed by atoms with E-state index >= 15 is 0 Å². The Bertz CT molecular complexity index is 230. The minimum absolute atomic E-state index is 0. The summed E-state index contributed by atoms with van der Waals surface area (Å²) < 4.78 is 35.9. The molecule has 0 aliphatic heterocycles. The Morgan fingerprint density at radius 2 is 1.93 bits per heavy atom. The van der Waals surface area contributed by atoms with Gasteiger partial charge in [-0.25, -0.2) is 0 Å². The molecule has 0 radical (unpaired) electrons. The van der Waals surface area contributed by atoms with Crippen molar-refractivity contribution in [2.75, 3.05) is 0 Å². The molecule has 1 fully saturated rings. The van der Waals surface area contributed by atoms with E-state index in [0.717, 1.165) is 12.8 Å². The number of nitrogens with two attached hydrogens (primary N) is 1. The molecule has 2 unspecified atom stereocenters. The lowest BCUT2D eigenvalue weighted by Crippen LogP contribution is -2.52. The summed E-state index contributed by atoms with van der Waals surface area (Å²) in [5.74, 6) is -0.823. The fraction of sp³-hybridized carbons (Fsp3) is 0.875. The molecule has 3 nitrogen and oxygen atoms in total. The van der Waals surface area contributed by atoms with E-state index < -0.39 is 18.1 Å². The van der Waals surface area contributed by atoms with E-state index in [9.17, 15) is 18.0 Å². The van der Waals surface area contributed by atoms with Crippen molar-refractivity contribution in [1.82, 2.24) is 5.32 Å². The minimum Gasteiger partial charge on any atom is -0.352 e. The Hall–Kier alpha value is -0.490. The number of carbonyl (C=O) groups excluding carboxylic acids is 1. The third-order valence-corrected chi connectivity index (χ3v) is 2.33. The standard InChI is InChI=1S/C8H13F3N2O.ClH/c1-4(5-2-3-5)13-7(14)6(12)8(9,10)11;/h4-6H,2-3,12H2,1H3,(H,13,14);1H. The predicted molar refractivity (Wildman–Crippen MR) is 51.6 cm³/mol. The van der Waals surface area contributed by atoms with Crippen molar-refractivity contribution in [2.45, 2.75) is 38.0 Å². The molecular formula is C8H14ClF3N2O. The van der Waals surface area contributed by atoms with Crippen LogP contribution in [-0.2, 0) is 4.79 Å². The highest BCUT2D eigenvalue weighted by molar-refractivity contribution is 5.85. The Balaban J connectivity index is 0.00000196. The molecule has 7 heteroatoms. The largest absolute Gasteiger partial charge is 0.412 e. The fourth-order valence-electron chi connectivity index (χ4n) is 1.18. The predicted octanol–water partition coefficient (Wildman–Crippen LogP) is 1.21. The van der Waals surface area contributed by atoms with Gasteiger partial charge in [0, 0.05) is 6.04 Å². The third-order valence-electron chi connectivity index (χ3n) is 2.33. The number of amides is 1. The van der Waals surface area contributed by atoms with Gasteiger partial charge in [-0.05, 0) is 25.7 Å². The average Bonchev–Trinajstić information content (AvgIpc) is 2.82. The monoisotopic (exact) mass is 246 g/mol. The highest BCUT2D eigenvalue weighted by Crippen LogP contribution is 2.32. The van der Waals surface area contributed by atoms with E-state index in [0.29, 0.717) is 5.92 Å². The van der Waals surface area contributed by atoms with Gasteiger partial charge >= 0.3 is 6.18 Å². The molecule has 90 valence electrons. The molecule has 1 aliphatic carbocycles. The minimum atomic E-state index is -4.66. The van der Waals surface area contributed by atoms with Crippen molar-refractivity contribution in [3.63, 3.8) is 0 Å². The van der Waals surface area contributed by atoms with Gasteiger partial charge in [0.05, 0.1) is 0 Å². The third kappa shape index (κ3) is 4.25. The second-order valence-corrected chi connectivity index (χ2v) is 3.65. The van der Waals surface area contributed by atoms with Crippen LogP contribution in [-0.4, -0.2) is 24.2 Å². The number of alkyl halides is 3. The lowest BCUT2D eigenvalue weighted by atomic mass is 10.2. The zero-order valence-corrected chi connectivity index (χ0v) is 8.99. The van der Waals surface area contributed by atoms with Crippen molar-refractivity contribution < 1.29 is 18.0 Å². The van der Waals surface area contributed by atoms with E-state index in [-0.39, 0.29) is 18.4 Å². The van der Waals surface area contributed by atoms with E-state index in [1.807, 2.05) is 0 Å². The van der Waals surface area contributed by atoms with Crippen LogP contribution in [0.4, 0.5) is 13.2 Å². The summed E-state index contributed by atoms with van der Waals surface area (Å²) in [6, 6.07) is -2.63. The quantitative estimate of drug-likeness (QED) is 0.787. The zero-order valence-electron chi connectivity index (χ0n) is 8.17. The lowest BCUT2D eigenvalue weighted by Gasteiger charge is -2.18. The molecule has 1 aliphatic rings. The van der Waals surface area contributed by atoms with Crippen molar-refractivity contribution >= 4 is 18.3 Å². The van der Waals surface area contributed by atoms with Crippen molar-refractivity contribution in [3.8, 4) is 0 Å². The van der Waals surface area contributed by atoms with Gasteiger partial charge in [0.25, 0.3) is 0 Å². The van der Waals surface area contributed by atoms with Crippen LogP contribution in [0.2, 0.25) is 0 Å². The number of nitrogens with one attached hydrogen (secondary N) is 1. The van der Waals surface area contributed by atoms with Gasteiger partial charge in [-0.1, -0.05) is 0 Å². The summed E-state index contributed by atoms with van der Waals surface area (Å²) >= 11 is 0. The first-order chi connectivity index (χ1) is 6.32. The van der Waals surface area contributed by atoms with Crippen molar-refractivity contribution in [3.05, 3.63) is 0 Å². The number of rotatable bonds is 3. The van der Waals surface area contributed by atoms with E-state index in [1.165, 1.54) is 0 Å². The van der Waals surface area contributed by atoms with Crippen LogP contribution >= 0.6 is 12.4 Å². The molecule has 0 aromatic carbocycles. The number of hydrogen-bond acceptors (Lipinski definition) is 2. The van der Waals surface area contributed by atoms with Crippen LogP contribution in [0.5, 0.6) is 0 Å². The first-order valence-electron chi connectivity index (χ1n) is 4.45. The van der Waals surface area contributed by atoms with Crippen molar-refractivity contribution in [1.29, 1.82) is 0 Å². The molecule has 0 aromatic heterocycles. The topological polar surface area (TPSA) is 55.1 Å². The van der Waals surface area contributed by atoms with Gasteiger partial charge in [0.1, 0.15) is 0 Å². The van der Waals surface area contributed by atoms with Crippen LogP contribution in [0, 0.1) is 5.92 Å². The Labute approximate surface area is 92.0 Å². The van der Waals surface area contributed by atoms with E-state index in [4.69, 9.17) is 5.73 Å². The molecule has 3 N–H and O–H groups in total. The van der Waals surface area contributed by atoms with Crippen LogP contribution in [0.25, 0.3) is 0 Å². The van der Waals surface area contributed by atoms with Gasteiger partial charge in [0.2, 0.25) is 5.91 Å². The zero-order chi connectivity index (χ0) is 10.9. The Morgan fingerprint density at radius 3 is 2.27 bits per heavy atom. The van der Waals surface area contributed by atoms with Gasteiger partial charge in [0.15, 0.2) is 6.04 Å². The number of halogens is 4. The van der Waals surface area contributed by atoms with Gasteiger partial charge in [-0.3, -0.25) is 4.79 Å². The summed E-state index contributed by atoms with van der Waals surface area (Å²) in [4.78, 5) is 11.0. The fourth-order valence-corrected chi connectivity index (χ4v) is 1.18. The molecule has 0 heterocycles. The number of hydrogen-bond donors (Lipinski definition) is 2. The molecular weight excluding hydrogens is 233 g/mol. The molecule has 0 spiro atoms. The molecule has 2 atom stereocenters. The number of carbonyl (C=O) groups is 1. The molecule has 0 aromatic rings. The highest BCUT2D eigenvalue weighted by Gasteiger charge is 2.43. The van der Waals surface area contributed by atoms with Crippen LogP contribution < -0.4 is 11.1 Å². The summed E-state index contributed by atoms with van der Waals surface area (Å²) in [7, 11) is 0. The van der Waals surface area contributed by atoms with Crippen molar-refractivity contribution in [2.24, 2.45) is 11.7 Å². The van der Waals surface area contributed by atoms with Crippen LogP contribution in [0.15, 0.2) is 0 Å². The summed E-state index contributed by atoms with van der Waals surface area (Å²) in [5.41, 5.74) is 4.73. The molecule has 0 bridgehead atoms. The maximum atomic E-state index is 12.0. The molecule has 1 amide bonds. The van der Waals surface area contributed by atoms with Gasteiger partial charge in [-0.2, -0.15) is 13.2 Å². The molecule has 15 heavy (non-hydrogen) atoms. The Morgan fingerprint density at radius 1 is 1.47 bits per heavy atom.